The Morgan fingerprint density at radius 2 is 1.81 bits per heavy atom. The van der Waals surface area contributed by atoms with Crippen LogP contribution in [0.1, 0.15) is 35.6 Å². The van der Waals surface area contributed by atoms with E-state index in [1.165, 1.54) is 27.1 Å². The van der Waals surface area contributed by atoms with Crippen molar-refractivity contribution >= 4 is 11.3 Å². The molecule has 1 N–H and O–H groups in total. The minimum atomic E-state index is 0.245. The van der Waals surface area contributed by atoms with Crippen LogP contribution in [0.5, 0.6) is 11.5 Å². The van der Waals surface area contributed by atoms with E-state index in [9.17, 15) is 0 Å². The largest absolute Gasteiger partial charge is 0.493 e. The highest BCUT2D eigenvalue weighted by Gasteiger charge is 2.29. The minimum absolute atomic E-state index is 0.245. The average molecular weight is 380 g/mol. The summed E-state index contributed by atoms with van der Waals surface area (Å²) in [5.74, 6) is 1.94. The molecule has 0 radical (unpaired) electrons. The van der Waals surface area contributed by atoms with Crippen molar-refractivity contribution in [3.05, 3.63) is 70.6 Å². The molecule has 0 aliphatic carbocycles. The molecule has 2 aromatic carbocycles. The third-order valence-electron chi connectivity index (χ3n) is 5.48. The highest BCUT2D eigenvalue weighted by molar-refractivity contribution is 7.13. The number of thiophene rings is 1. The first-order chi connectivity index (χ1) is 13.2. The molecular weight excluding hydrogens is 354 g/mol. The number of nitrogens with one attached hydrogen (secondary N) is 1. The van der Waals surface area contributed by atoms with E-state index in [2.05, 4.69) is 66.2 Å². The maximum atomic E-state index is 5.57. The number of methoxy groups -OCH3 is 2. The first-order valence-corrected chi connectivity index (χ1v) is 10.2. The van der Waals surface area contributed by atoms with E-state index in [0.717, 1.165) is 24.5 Å². The fraction of sp³-hybridized carbons (Fsp3) is 0.304. The topological polar surface area (TPSA) is 30.5 Å². The van der Waals surface area contributed by atoms with Crippen LogP contribution in [-0.2, 0) is 6.42 Å². The summed E-state index contributed by atoms with van der Waals surface area (Å²) >= 11 is 1.79. The van der Waals surface area contributed by atoms with Crippen LogP contribution < -0.4 is 14.8 Å². The van der Waals surface area contributed by atoms with Crippen LogP contribution in [0.15, 0.2) is 53.9 Å². The summed E-state index contributed by atoms with van der Waals surface area (Å²) in [6, 6.07) is 17.6. The summed E-state index contributed by atoms with van der Waals surface area (Å²) in [6.45, 7) is 3.29. The smallest absolute Gasteiger partial charge is 0.161 e. The van der Waals surface area contributed by atoms with Gasteiger partial charge in [-0.1, -0.05) is 37.3 Å². The average Bonchev–Trinajstić information content (AvgIpc) is 3.26. The Bertz CT molecular complexity index is 920. The first-order valence-electron chi connectivity index (χ1n) is 9.34. The molecule has 0 bridgehead atoms. The van der Waals surface area contributed by atoms with Crippen molar-refractivity contribution in [2.45, 2.75) is 25.3 Å². The molecule has 4 rings (SSSR count). The Balaban J connectivity index is 1.76. The van der Waals surface area contributed by atoms with Crippen molar-refractivity contribution in [2.75, 3.05) is 20.8 Å². The van der Waals surface area contributed by atoms with Crippen LogP contribution in [0.2, 0.25) is 0 Å². The van der Waals surface area contributed by atoms with Gasteiger partial charge >= 0.3 is 0 Å². The standard InChI is InChI=1S/C23H25NO2S/c1-15(17-7-4-5-8-18(17)22-9-6-12-27-22)23-19-14-21(26-3)20(25-2)13-16(19)10-11-24-23/h4-9,12-15,23-24H,10-11H2,1-3H3. The van der Waals surface area contributed by atoms with E-state index < -0.39 is 0 Å². The van der Waals surface area contributed by atoms with Gasteiger partial charge in [0.2, 0.25) is 0 Å². The molecule has 3 aromatic rings. The zero-order valence-electron chi connectivity index (χ0n) is 16.0. The zero-order chi connectivity index (χ0) is 18.8. The molecule has 2 atom stereocenters. The van der Waals surface area contributed by atoms with Crippen molar-refractivity contribution in [3.8, 4) is 21.9 Å². The van der Waals surface area contributed by atoms with E-state index in [1.807, 2.05) is 0 Å². The van der Waals surface area contributed by atoms with Crippen molar-refractivity contribution < 1.29 is 9.47 Å². The van der Waals surface area contributed by atoms with Crippen molar-refractivity contribution in [1.82, 2.24) is 5.32 Å². The molecule has 0 saturated carbocycles. The lowest BCUT2D eigenvalue weighted by atomic mass is 9.81. The second-order valence-electron chi connectivity index (χ2n) is 6.94. The maximum absolute atomic E-state index is 5.57. The third kappa shape index (κ3) is 3.35. The number of ether oxygens (including phenoxy) is 2. The summed E-state index contributed by atoms with van der Waals surface area (Å²) in [5.41, 5.74) is 5.36. The van der Waals surface area contributed by atoms with Gasteiger partial charge in [0, 0.05) is 16.8 Å². The Morgan fingerprint density at radius 1 is 1.04 bits per heavy atom. The molecule has 0 saturated heterocycles. The van der Waals surface area contributed by atoms with Gasteiger partial charge in [0.05, 0.1) is 14.2 Å². The fourth-order valence-corrected chi connectivity index (χ4v) is 4.86. The van der Waals surface area contributed by atoms with Gasteiger partial charge in [-0.05, 0) is 58.8 Å². The second-order valence-corrected chi connectivity index (χ2v) is 7.89. The van der Waals surface area contributed by atoms with Crippen LogP contribution >= 0.6 is 11.3 Å². The van der Waals surface area contributed by atoms with Gasteiger partial charge in [0.1, 0.15) is 0 Å². The monoisotopic (exact) mass is 379 g/mol. The van der Waals surface area contributed by atoms with Crippen LogP contribution in [-0.4, -0.2) is 20.8 Å². The van der Waals surface area contributed by atoms with E-state index in [1.54, 1.807) is 25.6 Å². The lowest BCUT2D eigenvalue weighted by Gasteiger charge is -2.33. The summed E-state index contributed by atoms with van der Waals surface area (Å²) in [7, 11) is 3.40. The maximum Gasteiger partial charge on any atom is 0.161 e. The Kier molecular flexibility index (Phi) is 5.19. The number of hydrogen-bond donors (Lipinski definition) is 1. The third-order valence-corrected chi connectivity index (χ3v) is 6.38. The van der Waals surface area contributed by atoms with Crippen LogP contribution in [0.3, 0.4) is 0 Å². The lowest BCUT2D eigenvalue weighted by molar-refractivity contribution is 0.351. The fourth-order valence-electron chi connectivity index (χ4n) is 4.09. The van der Waals surface area contributed by atoms with Crippen LogP contribution in [0.25, 0.3) is 10.4 Å². The van der Waals surface area contributed by atoms with Crippen molar-refractivity contribution in [3.63, 3.8) is 0 Å². The molecule has 0 amide bonds. The molecule has 2 heterocycles. The Labute approximate surface area is 165 Å². The van der Waals surface area contributed by atoms with E-state index in [4.69, 9.17) is 9.47 Å². The lowest BCUT2D eigenvalue weighted by Crippen LogP contribution is -2.33. The summed E-state index contributed by atoms with van der Waals surface area (Å²) in [4.78, 5) is 1.32. The highest BCUT2D eigenvalue weighted by atomic mass is 32.1. The normalized spacial score (nSPS) is 17.2. The summed E-state index contributed by atoms with van der Waals surface area (Å²) in [5, 5.41) is 5.88. The molecule has 3 nitrogen and oxygen atoms in total. The molecule has 1 aromatic heterocycles. The van der Waals surface area contributed by atoms with E-state index >= 15 is 0 Å². The number of hydrogen-bond acceptors (Lipinski definition) is 4. The van der Waals surface area contributed by atoms with Gasteiger partial charge in [-0.15, -0.1) is 11.3 Å². The van der Waals surface area contributed by atoms with Gasteiger partial charge in [-0.2, -0.15) is 0 Å². The molecular formula is C23H25NO2S. The van der Waals surface area contributed by atoms with Crippen molar-refractivity contribution in [2.24, 2.45) is 0 Å². The number of fused-ring (bicyclic) bond motifs is 1. The molecule has 140 valence electrons. The number of rotatable bonds is 5. The SMILES string of the molecule is COc1cc2c(cc1OC)C(C(C)c1ccccc1-c1cccs1)NCC2. The van der Waals surface area contributed by atoms with E-state index in [-0.39, 0.29) is 6.04 Å². The molecule has 1 aliphatic heterocycles. The molecule has 4 heteroatoms. The van der Waals surface area contributed by atoms with Gasteiger partial charge in [0.25, 0.3) is 0 Å². The van der Waals surface area contributed by atoms with Crippen LogP contribution in [0.4, 0.5) is 0 Å². The molecule has 2 unspecified atom stereocenters. The molecule has 1 aliphatic rings. The van der Waals surface area contributed by atoms with Gasteiger partial charge in [0.15, 0.2) is 11.5 Å². The highest BCUT2D eigenvalue weighted by Crippen LogP contribution is 2.42. The minimum Gasteiger partial charge on any atom is -0.493 e. The van der Waals surface area contributed by atoms with Gasteiger partial charge in [-0.3, -0.25) is 0 Å². The predicted molar refractivity (Wildman–Crippen MR) is 112 cm³/mol. The number of benzene rings is 2. The summed E-state index contributed by atoms with van der Waals surface area (Å²) < 4.78 is 11.1. The predicted octanol–water partition coefficient (Wildman–Crippen LogP) is 5.42. The van der Waals surface area contributed by atoms with E-state index in [0.29, 0.717) is 5.92 Å². The summed E-state index contributed by atoms with van der Waals surface area (Å²) in [6.07, 6.45) is 1.01. The van der Waals surface area contributed by atoms with Crippen LogP contribution in [0, 0.1) is 0 Å². The Hall–Kier alpha value is -2.30. The second kappa shape index (κ2) is 7.75. The zero-order valence-corrected chi connectivity index (χ0v) is 16.8. The quantitative estimate of drug-likeness (QED) is 0.642. The molecule has 0 fully saturated rings. The van der Waals surface area contributed by atoms with Gasteiger partial charge in [-0.25, -0.2) is 0 Å². The molecule has 27 heavy (non-hydrogen) atoms. The first kappa shape index (κ1) is 18.1. The Morgan fingerprint density at radius 3 is 2.56 bits per heavy atom. The van der Waals surface area contributed by atoms with Gasteiger partial charge < -0.3 is 14.8 Å². The molecule has 0 spiro atoms. The van der Waals surface area contributed by atoms with Crippen molar-refractivity contribution in [1.29, 1.82) is 0 Å².